The molecule has 2 aromatic carbocycles. The number of hydrogen-bond acceptors (Lipinski definition) is 5. The number of benzene rings is 2. The number of hydrogen-bond donors (Lipinski definition) is 3. The number of aromatic nitrogens is 1. The van der Waals surface area contributed by atoms with Crippen LogP contribution in [0.15, 0.2) is 35.3 Å². The topological polar surface area (TPSA) is 109 Å². The highest BCUT2D eigenvalue weighted by Gasteiger charge is 2.26. The molecule has 0 aliphatic carbocycles. The number of halogens is 2. The van der Waals surface area contributed by atoms with Crippen LogP contribution in [0.25, 0.3) is 10.9 Å². The number of fused-ring (bicyclic) bond motifs is 1. The Kier molecular flexibility index (Phi) is 6.76. The molecule has 0 saturated carbocycles. The first kappa shape index (κ1) is 23.6. The highest BCUT2D eigenvalue weighted by Crippen LogP contribution is 2.40. The standard InChI is InChI=1S/C23H23ClFNO6/c1-11(2)17(10-27)26-9-15(23(30)31)20(28)14-8-13(22(32-3)21(29)19(14)26)7-12-5-4-6-16(24)18(12)25/h4-6,8-9,11,17,27,29H,7,10H2,1-3H3,(H,30,31)/t17-/m1/s1. The van der Waals surface area contributed by atoms with Gasteiger partial charge in [-0.2, -0.15) is 0 Å². The molecular weight excluding hydrogens is 441 g/mol. The van der Waals surface area contributed by atoms with Gasteiger partial charge >= 0.3 is 5.97 Å². The van der Waals surface area contributed by atoms with Crippen molar-refractivity contribution in [2.24, 2.45) is 5.92 Å². The van der Waals surface area contributed by atoms with E-state index in [2.05, 4.69) is 0 Å². The normalized spacial score (nSPS) is 12.3. The number of ether oxygens (including phenoxy) is 1. The number of carboxylic acids is 1. The molecule has 0 aliphatic heterocycles. The van der Waals surface area contributed by atoms with Crippen LogP contribution < -0.4 is 10.2 Å². The molecule has 0 radical (unpaired) electrons. The van der Waals surface area contributed by atoms with Gasteiger partial charge in [0, 0.05) is 18.2 Å². The second kappa shape index (κ2) is 9.18. The van der Waals surface area contributed by atoms with E-state index in [1.54, 1.807) is 6.07 Å². The molecular formula is C23H23ClFNO6. The van der Waals surface area contributed by atoms with Gasteiger partial charge in [-0.05, 0) is 23.6 Å². The molecule has 3 rings (SSSR count). The monoisotopic (exact) mass is 463 g/mol. The van der Waals surface area contributed by atoms with Gasteiger partial charge in [0.15, 0.2) is 11.5 Å². The molecule has 1 heterocycles. The molecule has 1 atom stereocenters. The number of pyridine rings is 1. The molecule has 0 amide bonds. The summed E-state index contributed by atoms with van der Waals surface area (Å²) in [5, 5.41) is 30.4. The van der Waals surface area contributed by atoms with Crippen molar-refractivity contribution in [2.45, 2.75) is 26.3 Å². The Labute approximate surface area is 188 Å². The average molecular weight is 464 g/mol. The van der Waals surface area contributed by atoms with E-state index >= 15 is 0 Å². The Morgan fingerprint density at radius 3 is 2.53 bits per heavy atom. The van der Waals surface area contributed by atoms with Gasteiger partial charge in [-0.15, -0.1) is 0 Å². The lowest BCUT2D eigenvalue weighted by atomic mass is 9.98. The predicted octanol–water partition coefficient (Wildman–Crippen LogP) is 3.99. The zero-order chi connectivity index (χ0) is 23.7. The van der Waals surface area contributed by atoms with Crippen molar-refractivity contribution in [1.29, 1.82) is 0 Å². The maximum atomic E-state index is 14.5. The Morgan fingerprint density at radius 1 is 1.28 bits per heavy atom. The minimum atomic E-state index is -1.44. The maximum absolute atomic E-state index is 14.5. The van der Waals surface area contributed by atoms with Crippen LogP contribution in [0.1, 0.15) is 41.4 Å². The van der Waals surface area contributed by atoms with Crippen LogP contribution in [0.3, 0.4) is 0 Å². The first-order valence-electron chi connectivity index (χ1n) is 9.87. The summed E-state index contributed by atoms with van der Waals surface area (Å²) in [4.78, 5) is 24.7. The highest BCUT2D eigenvalue weighted by atomic mass is 35.5. The van der Waals surface area contributed by atoms with E-state index in [0.717, 1.165) is 6.20 Å². The smallest absolute Gasteiger partial charge is 0.341 e. The lowest BCUT2D eigenvalue weighted by Gasteiger charge is -2.26. The molecule has 3 aromatic rings. The summed E-state index contributed by atoms with van der Waals surface area (Å²) in [6.45, 7) is 3.28. The lowest BCUT2D eigenvalue weighted by Crippen LogP contribution is -2.25. The summed E-state index contributed by atoms with van der Waals surface area (Å²) in [5.74, 6) is -2.64. The molecule has 9 heteroatoms. The summed E-state index contributed by atoms with van der Waals surface area (Å²) in [6.07, 6.45) is 1.05. The van der Waals surface area contributed by atoms with Gasteiger partial charge in [-0.1, -0.05) is 37.6 Å². The van der Waals surface area contributed by atoms with E-state index in [0.29, 0.717) is 0 Å². The summed E-state index contributed by atoms with van der Waals surface area (Å²) in [6, 6.07) is 5.23. The number of aliphatic hydroxyl groups excluding tert-OH is 1. The number of carbonyl (C=O) groups is 1. The van der Waals surface area contributed by atoms with Crippen molar-refractivity contribution in [3.63, 3.8) is 0 Å². The van der Waals surface area contributed by atoms with Crippen molar-refractivity contribution in [3.05, 3.63) is 68.2 Å². The van der Waals surface area contributed by atoms with Gasteiger partial charge in [0.2, 0.25) is 5.43 Å². The molecule has 7 nitrogen and oxygen atoms in total. The van der Waals surface area contributed by atoms with Crippen LogP contribution in [0.2, 0.25) is 5.02 Å². The summed E-state index contributed by atoms with van der Waals surface area (Å²) in [5.41, 5.74) is -0.814. The lowest BCUT2D eigenvalue weighted by molar-refractivity contribution is 0.0694. The molecule has 0 saturated heterocycles. The fourth-order valence-corrected chi connectivity index (χ4v) is 4.01. The van der Waals surface area contributed by atoms with Crippen LogP contribution in [0.5, 0.6) is 11.5 Å². The van der Waals surface area contributed by atoms with E-state index < -0.39 is 34.6 Å². The minimum absolute atomic E-state index is 0.00791. The van der Waals surface area contributed by atoms with Crippen molar-refractivity contribution in [3.8, 4) is 11.5 Å². The van der Waals surface area contributed by atoms with E-state index in [4.69, 9.17) is 16.3 Å². The third-order valence-corrected chi connectivity index (χ3v) is 5.77. The molecule has 0 spiro atoms. The Morgan fingerprint density at radius 2 is 1.97 bits per heavy atom. The second-order valence-electron chi connectivity index (χ2n) is 7.78. The molecule has 170 valence electrons. The van der Waals surface area contributed by atoms with Crippen LogP contribution in [-0.2, 0) is 6.42 Å². The van der Waals surface area contributed by atoms with E-state index in [1.807, 2.05) is 13.8 Å². The first-order chi connectivity index (χ1) is 15.1. The van der Waals surface area contributed by atoms with Crippen LogP contribution in [0.4, 0.5) is 4.39 Å². The van der Waals surface area contributed by atoms with E-state index in [9.17, 15) is 29.3 Å². The van der Waals surface area contributed by atoms with Gasteiger partial charge in [0.1, 0.15) is 11.4 Å². The Hall–Kier alpha value is -3.10. The van der Waals surface area contributed by atoms with Gasteiger partial charge in [-0.25, -0.2) is 9.18 Å². The Balaban J connectivity index is 2.40. The van der Waals surface area contributed by atoms with Crippen molar-refractivity contribution >= 4 is 28.5 Å². The van der Waals surface area contributed by atoms with Crippen LogP contribution in [-0.4, -0.2) is 39.6 Å². The third kappa shape index (κ3) is 4.03. The second-order valence-corrected chi connectivity index (χ2v) is 8.19. The van der Waals surface area contributed by atoms with Gasteiger partial charge in [0.05, 0.1) is 35.7 Å². The average Bonchev–Trinajstić information content (AvgIpc) is 2.73. The number of methoxy groups -OCH3 is 1. The predicted molar refractivity (Wildman–Crippen MR) is 119 cm³/mol. The van der Waals surface area contributed by atoms with Gasteiger partial charge in [-0.3, -0.25) is 4.79 Å². The number of aliphatic hydroxyl groups is 1. The highest BCUT2D eigenvalue weighted by molar-refractivity contribution is 6.30. The molecule has 32 heavy (non-hydrogen) atoms. The fraction of sp³-hybridized carbons (Fsp3) is 0.304. The molecule has 1 aromatic heterocycles. The zero-order valence-electron chi connectivity index (χ0n) is 17.7. The summed E-state index contributed by atoms with van der Waals surface area (Å²) < 4.78 is 21.2. The van der Waals surface area contributed by atoms with E-state index in [-0.39, 0.29) is 51.7 Å². The molecule has 0 bridgehead atoms. The van der Waals surface area contributed by atoms with Gasteiger partial charge in [0.25, 0.3) is 0 Å². The van der Waals surface area contributed by atoms with Crippen LogP contribution in [0, 0.1) is 11.7 Å². The fourth-order valence-electron chi connectivity index (χ4n) is 3.82. The number of nitrogens with zero attached hydrogens (tertiary/aromatic N) is 1. The van der Waals surface area contributed by atoms with E-state index in [1.165, 1.54) is 29.9 Å². The molecule has 0 unspecified atom stereocenters. The zero-order valence-corrected chi connectivity index (χ0v) is 18.5. The number of rotatable bonds is 7. The van der Waals surface area contributed by atoms with Crippen molar-refractivity contribution in [2.75, 3.05) is 13.7 Å². The number of aromatic hydroxyl groups is 1. The Bertz CT molecular complexity index is 1250. The molecule has 0 aliphatic rings. The minimum Gasteiger partial charge on any atom is -0.503 e. The third-order valence-electron chi connectivity index (χ3n) is 5.48. The van der Waals surface area contributed by atoms with Crippen molar-refractivity contribution < 1.29 is 29.2 Å². The van der Waals surface area contributed by atoms with Crippen LogP contribution >= 0.6 is 11.6 Å². The number of carboxylic acid groups (broad SMARTS) is 1. The maximum Gasteiger partial charge on any atom is 0.341 e. The molecule has 3 N–H and O–H groups in total. The van der Waals surface area contributed by atoms with Crippen molar-refractivity contribution in [1.82, 2.24) is 4.57 Å². The summed E-state index contributed by atoms with van der Waals surface area (Å²) >= 11 is 5.86. The number of aromatic carboxylic acids is 1. The first-order valence-corrected chi connectivity index (χ1v) is 10.2. The molecule has 0 fully saturated rings. The van der Waals surface area contributed by atoms with Gasteiger partial charge < -0.3 is 24.6 Å². The summed E-state index contributed by atoms with van der Waals surface area (Å²) in [7, 11) is 1.32. The largest absolute Gasteiger partial charge is 0.503 e. The quantitative estimate of drug-likeness (QED) is 0.489. The SMILES string of the molecule is COc1c(Cc2cccc(Cl)c2F)cc2c(=O)c(C(=O)O)cn([C@H](CO)C(C)C)c2c1O. The number of phenolic OH excluding ortho intramolecular Hbond substituents is 1. The number of phenols is 1.